The Morgan fingerprint density at radius 1 is 1.37 bits per heavy atom. The van der Waals surface area contributed by atoms with E-state index >= 15 is 0 Å². The van der Waals surface area contributed by atoms with Crippen LogP contribution >= 0.6 is 0 Å². The fraction of sp³-hybridized carbons (Fsp3) is 0.250. The van der Waals surface area contributed by atoms with Crippen LogP contribution in [0.4, 0.5) is 13.2 Å². The molecule has 19 heavy (non-hydrogen) atoms. The highest BCUT2D eigenvalue weighted by molar-refractivity contribution is 5.96. The van der Waals surface area contributed by atoms with Gasteiger partial charge in [-0.3, -0.25) is 0 Å². The number of hydrogen-bond acceptors (Lipinski definition) is 3. The highest BCUT2D eigenvalue weighted by atomic mass is 19.4. The molecule has 0 bridgehead atoms. The van der Waals surface area contributed by atoms with Crippen molar-refractivity contribution in [2.75, 3.05) is 7.11 Å². The second kappa shape index (κ2) is 4.49. The Bertz CT molecular complexity index is 631. The smallest absolute Gasteiger partial charge is 0.406 e. The second-order valence-electron chi connectivity index (χ2n) is 3.97. The van der Waals surface area contributed by atoms with E-state index in [1.165, 1.54) is 24.3 Å². The van der Waals surface area contributed by atoms with Crippen molar-refractivity contribution in [3.05, 3.63) is 30.0 Å². The van der Waals surface area contributed by atoms with Gasteiger partial charge in [-0.15, -0.1) is 0 Å². The van der Waals surface area contributed by atoms with Gasteiger partial charge in [0.25, 0.3) is 0 Å². The number of alkyl halides is 3. The van der Waals surface area contributed by atoms with Crippen LogP contribution in [-0.4, -0.2) is 28.9 Å². The molecule has 2 aromatic rings. The lowest BCUT2D eigenvalue weighted by Gasteiger charge is -2.12. The Hall–Kier alpha value is -2.18. The van der Waals surface area contributed by atoms with Gasteiger partial charge < -0.3 is 14.4 Å². The lowest BCUT2D eigenvalue weighted by Crippen LogP contribution is -2.21. The summed E-state index contributed by atoms with van der Waals surface area (Å²) in [5.74, 6) is -0.951. The zero-order valence-electron chi connectivity index (χ0n) is 9.86. The summed E-state index contributed by atoms with van der Waals surface area (Å²) in [7, 11) is 1.09. The molecule has 1 N–H and O–H groups in total. The molecule has 7 heteroatoms. The minimum Gasteiger partial charge on any atom is -0.508 e. The van der Waals surface area contributed by atoms with Gasteiger partial charge in [0, 0.05) is 10.9 Å². The molecule has 0 atom stereocenters. The number of carbonyl (C=O) groups is 1. The van der Waals surface area contributed by atoms with Crippen LogP contribution < -0.4 is 0 Å². The van der Waals surface area contributed by atoms with Crippen molar-refractivity contribution in [2.45, 2.75) is 12.7 Å². The molecule has 0 aliphatic heterocycles. The van der Waals surface area contributed by atoms with E-state index in [1.54, 1.807) is 0 Å². The summed E-state index contributed by atoms with van der Waals surface area (Å²) in [6.45, 7) is -1.30. The molecule has 0 aliphatic rings. The minimum absolute atomic E-state index is 0.0897. The quantitative estimate of drug-likeness (QED) is 0.856. The molecule has 1 aromatic carbocycles. The normalized spacial score (nSPS) is 11.8. The van der Waals surface area contributed by atoms with Gasteiger partial charge in [0.05, 0.1) is 7.11 Å². The van der Waals surface area contributed by atoms with Gasteiger partial charge in [-0.1, -0.05) is 0 Å². The number of ether oxygens (including phenoxy) is 1. The maximum atomic E-state index is 12.6. The molecule has 0 saturated heterocycles. The van der Waals surface area contributed by atoms with Crippen LogP contribution in [0.1, 0.15) is 10.5 Å². The van der Waals surface area contributed by atoms with Gasteiger partial charge in [-0.2, -0.15) is 13.2 Å². The van der Waals surface area contributed by atoms with Gasteiger partial charge >= 0.3 is 12.1 Å². The first-order valence-corrected chi connectivity index (χ1v) is 5.29. The molecule has 0 radical (unpaired) electrons. The molecule has 4 nitrogen and oxygen atoms in total. The zero-order chi connectivity index (χ0) is 14.2. The van der Waals surface area contributed by atoms with Crippen molar-refractivity contribution in [2.24, 2.45) is 0 Å². The van der Waals surface area contributed by atoms with Crippen molar-refractivity contribution in [3.63, 3.8) is 0 Å². The molecule has 2 rings (SSSR count). The number of fused-ring (bicyclic) bond motifs is 1. The average molecular weight is 273 g/mol. The highest BCUT2D eigenvalue weighted by Gasteiger charge is 2.31. The number of hydrogen-bond donors (Lipinski definition) is 1. The maximum absolute atomic E-state index is 12.6. The molecule has 0 aliphatic carbocycles. The number of benzene rings is 1. The summed E-state index contributed by atoms with van der Waals surface area (Å²) in [4.78, 5) is 11.5. The number of phenolic OH excluding ortho intramolecular Hbond substituents is 1. The van der Waals surface area contributed by atoms with Gasteiger partial charge in [-0.05, 0) is 24.3 Å². The average Bonchev–Trinajstić information content (AvgIpc) is 2.64. The van der Waals surface area contributed by atoms with E-state index < -0.39 is 18.7 Å². The van der Waals surface area contributed by atoms with Crippen molar-refractivity contribution in [1.82, 2.24) is 4.57 Å². The minimum atomic E-state index is -4.47. The molecule has 0 spiro atoms. The number of aromatic hydroxyl groups is 1. The summed E-state index contributed by atoms with van der Waals surface area (Å²) in [5.41, 5.74) is -0.00375. The molecule has 1 heterocycles. The number of rotatable bonds is 2. The van der Waals surface area contributed by atoms with E-state index in [4.69, 9.17) is 0 Å². The van der Waals surface area contributed by atoms with Crippen LogP contribution in [-0.2, 0) is 11.3 Å². The largest absolute Gasteiger partial charge is 0.508 e. The molecule has 0 amide bonds. The Kier molecular flexibility index (Phi) is 3.13. The number of halogens is 3. The molecule has 0 fully saturated rings. The monoisotopic (exact) mass is 273 g/mol. The first kappa shape index (κ1) is 13.3. The van der Waals surface area contributed by atoms with E-state index in [-0.39, 0.29) is 17.0 Å². The van der Waals surface area contributed by atoms with Gasteiger partial charge in [0.2, 0.25) is 0 Å². The number of carbonyl (C=O) groups excluding carboxylic acids is 1. The first-order valence-electron chi connectivity index (χ1n) is 5.29. The van der Waals surface area contributed by atoms with Crippen LogP contribution in [0.3, 0.4) is 0 Å². The van der Waals surface area contributed by atoms with E-state index in [9.17, 15) is 23.1 Å². The molecular weight excluding hydrogens is 263 g/mol. The summed E-state index contributed by atoms with van der Waals surface area (Å²) < 4.78 is 42.9. The SMILES string of the molecule is COC(=O)c1cc2cc(O)ccc2n1CC(F)(F)F. The molecule has 1 aromatic heterocycles. The number of methoxy groups -OCH3 is 1. The van der Waals surface area contributed by atoms with Crippen LogP contribution in [0, 0.1) is 0 Å². The van der Waals surface area contributed by atoms with Crippen LogP contribution in [0.15, 0.2) is 24.3 Å². The number of esters is 1. The summed E-state index contributed by atoms with van der Waals surface area (Å²) >= 11 is 0. The van der Waals surface area contributed by atoms with E-state index in [0.29, 0.717) is 5.39 Å². The third-order valence-electron chi connectivity index (χ3n) is 2.62. The standard InChI is InChI=1S/C12H10F3NO3/c1-19-11(18)10-5-7-4-8(17)2-3-9(7)16(10)6-12(13,14)15/h2-5,17H,6H2,1H3. The summed E-state index contributed by atoms with van der Waals surface area (Å²) in [6.07, 6.45) is -4.47. The highest BCUT2D eigenvalue weighted by Crippen LogP contribution is 2.28. The zero-order valence-corrected chi connectivity index (χ0v) is 9.86. The third-order valence-corrected chi connectivity index (χ3v) is 2.62. The molecular formula is C12H10F3NO3. The topological polar surface area (TPSA) is 51.5 Å². The van der Waals surface area contributed by atoms with Crippen LogP contribution in [0.5, 0.6) is 5.75 Å². The van der Waals surface area contributed by atoms with Crippen LogP contribution in [0.25, 0.3) is 10.9 Å². The summed E-state index contributed by atoms with van der Waals surface area (Å²) in [5, 5.41) is 9.65. The number of aromatic nitrogens is 1. The Labute approximate surface area is 106 Å². The maximum Gasteiger partial charge on any atom is 0.406 e. The van der Waals surface area contributed by atoms with Gasteiger partial charge in [-0.25, -0.2) is 4.79 Å². The number of phenols is 1. The Morgan fingerprint density at radius 2 is 2.05 bits per heavy atom. The van der Waals surface area contributed by atoms with Gasteiger partial charge in [0.1, 0.15) is 18.0 Å². The van der Waals surface area contributed by atoms with E-state index in [0.717, 1.165) is 11.7 Å². The van der Waals surface area contributed by atoms with Gasteiger partial charge in [0.15, 0.2) is 0 Å². The van der Waals surface area contributed by atoms with Crippen molar-refractivity contribution in [1.29, 1.82) is 0 Å². The predicted octanol–water partition coefficient (Wildman–Crippen LogP) is 2.70. The van der Waals surface area contributed by atoms with Crippen molar-refractivity contribution in [3.8, 4) is 5.75 Å². The molecule has 102 valence electrons. The summed E-state index contributed by atoms with van der Waals surface area (Å²) in [6, 6.07) is 5.13. The van der Waals surface area contributed by atoms with Crippen molar-refractivity contribution >= 4 is 16.9 Å². The fourth-order valence-electron chi connectivity index (χ4n) is 1.88. The van der Waals surface area contributed by atoms with E-state index in [1.807, 2.05) is 0 Å². The van der Waals surface area contributed by atoms with E-state index in [2.05, 4.69) is 4.74 Å². The Balaban J connectivity index is 2.65. The Morgan fingerprint density at radius 3 is 2.63 bits per heavy atom. The molecule has 0 unspecified atom stereocenters. The lowest BCUT2D eigenvalue weighted by molar-refractivity contribution is -0.140. The lowest BCUT2D eigenvalue weighted by atomic mass is 10.2. The number of nitrogens with zero attached hydrogens (tertiary/aromatic N) is 1. The third kappa shape index (κ3) is 2.64. The fourth-order valence-corrected chi connectivity index (χ4v) is 1.88. The molecule has 0 saturated carbocycles. The second-order valence-corrected chi connectivity index (χ2v) is 3.97. The first-order chi connectivity index (χ1) is 8.81. The predicted molar refractivity (Wildman–Crippen MR) is 61.0 cm³/mol. The van der Waals surface area contributed by atoms with Crippen molar-refractivity contribution < 1.29 is 27.8 Å². The van der Waals surface area contributed by atoms with Crippen LogP contribution in [0.2, 0.25) is 0 Å².